The highest BCUT2D eigenvalue weighted by Crippen LogP contribution is 2.31. The summed E-state index contributed by atoms with van der Waals surface area (Å²) in [6.45, 7) is 1.53. The van der Waals surface area contributed by atoms with Crippen molar-refractivity contribution in [3.8, 4) is 11.5 Å². The number of anilines is 1. The zero-order valence-electron chi connectivity index (χ0n) is 9.91. The molecule has 0 aliphatic carbocycles. The van der Waals surface area contributed by atoms with E-state index >= 15 is 0 Å². The van der Waals surface area contributed by atoms with E-state index in [0.29, 0.717) is 5.75 Å². The van der Waals surface area contributed by atoms with E-state index in [2.05, 4.69) is 5.32 Å². The molecular weight excluding hydrogens is 227 g/mol. The highest BCUT2D eigenvalue weighted by atomic mass is 19.1. The minimum Gasteiger partial charge on any atom is -0.494 e. The Bertz CT molecular complexity index is 421. The number of benzene rings is 1. The minimum absolute atomic E-state index is 0.0423. The molecule has 0 saturated heterocycles. The minimum atomic E-state index is -0.690. The molecule has 0 bridgehead atoms. The predicted molar refractivity (Wildman–Crippen MR) is 61.8 cm³/mol. The van der Waals surface area contributed by atoms with Crippen molar-refractivity contribution in [2.24, 2.45) is 5.73 Å². The van der Waals surface area contributed by atoms with E-state index in [1.807, 2.05) is 0 Å². The van der Waals surface area contributed by atoms with Gasteiger partial charge in [-0.2, -0.15) is 0 Å². The van der Waals surface area contributed by atoms with Gasteiger partial charge in [0.2, 0.25) is 5.91 Å². The zero-order chi connectivity index (χ0) is 13.0. The third-order valence-electron chi connectivity index (χ3n) is 2.15. The van der Waals surface area contributed by atoms with Crippen LogP contribution in [0, 0.1) is 5.82 Å². The number of nitrogens with two attached hydrogens (primary N) is 1. The van der Waals surface area contributed by atoms with Crippen LogP contribution in [-0.2, 0) is 4.79 Å². The van der Waals surface area contributed by atoms with Crippen LogP contribution in [0.15, 0.2) is 12.1 Å². The van der Waals surface area contributed by atoms with Crippen molar-refractivity contribution in [2.75, 3.05) is 19.5 Å². The second-order valence-electron chi connectivity index (χ2n) is 3.46. The van der Waals surface area contributed by atoms with E-state index in [9.17, 15) is 9.18 Å². The highest BCUT2D eigenvalue weighted by Gasteiger charge is 2.15. The molecule has 1 amide bonds. The summed E-state index contributed by atoms with van der Waals surface area (Å²) in [4.78, 5) is 11.4. The molecule has 5 nitrogen and oxygen atoms in total. The number of carbonyl (C=O) groups is 1. The Morgan fingerprint density at radius 1 is 1.35 bits per heavy atom. The van der Waals surface area contributed by atoms with Gasteiger partial charge < -0.3 is 20.5 Å². The summed E-state index contributed by atoms with van der Waals surface area (Å²) in [5.74, 6) is -0.668. The maximum Gasteiger partial charge on any atom is 0.241 e. The summed E-state index contributed by atoms with van der Waals surface area (Å²) in [6, 6.07) is 1.79. The maximum atomic E-state index is 13.5. The fraction of sp³-hybridized carbons (Fsp3) is 0.364. The molecule has 0 heterocycles. The lowest BCUT2D eigenvalue weighted by Gasteiger charge is -2.13. The highest BCUT2D eigenvalue weighted by molar-refractivity contribution is 5.95. The van der Waals surface area contributed by atoms with Crippen molar-refractivity contribution in [2.45, 2.75) is 13.0 Å². The molecule has 1 rings (SSSR count). The monoisotopic (exact) mass is 242 g/mol. The molecule has 0 fully saturated rings. The molecule has 0 spiro atoms. The van der Waals surface area contributed by atoms with E-state index in [1.54, 1.807) is 0 Å². The lowest BCUT2D eigenvalue weighted by Crippen LogP contribution is -2.32. The first-order chi connectivity index (χ1) is 7.99. The number of halogens is 1. The Labute approximate surface area is 98.7 Å². The van der Waals surface area contributed by atoms with Crippen LogP contribution in [0.2, 0.25) is 0 Å². The summed E-state index contributed by atoms with van der Waals surface area (Å²) in [6.07, 6.45) is 0. The summed E-state index contributed by atoms with van der Waals surface area (Å²) in [7, 11) is 2.76. The number of nitrogens with one attached hydrogen (secondary N) is 1. The van der Waals surface area contributed by atoms with Crippen LogP contribution in [0.3, 0.4) is 0 Å². The summed E-state index contributed by atoms with van der Waals surface area (Å²) in [5, 5.41) is 2.47. The Morgan fingerprint density at radius 2 is 1.94 bits per heavy atom. The second kappa shape index (κ2) is 5.49. The van der Waals surface area contributed by atoms with Gasteiger partial charge in [-0.15, -0.1) is 0 Å². The lowest BCUT2D eigenvalue weighted by atomic mass is 10.2. The van der Waals surface area contributed by atoms with Gasteiger partial charge in [0, 0.05) is 12.1 Å². The van der Waals surface area contributed by atoms with Crippen LogP contribution in [0.4, 0.5) is 10.1 Å². The molecule has 0 aromatic heterocycles. The van der Waals surface area contributed by atoms with E-state index in [0.717, 1.165) is 6.07 Å². The van der Waals surface area contributed by atoms with Crippen LogP contribution in [0.25, 0.3) is 0 Å². The number of hydrogen-bond acceptors (Lipinski definition) is 4. The van der Waals surface area contributed by atoms with Crippen molar-refractivity contribution in [3.63, 3.8) is 0 Å². The summed E-state index contributed by atoms with van der Waals surface area (Å²) < 4.78 is 23.3. The Morgan fingerprint density at radius 3 is 2.41 bits per heavy atom. The van der Waals surface area contributed by atoms with E-state index in [4.69, 9.17) is 15.2 Å². The molecule has 6 heteroatoms. The topological polar surface area (TPSA) is 73.6 Å². The summed E-state index contributed by atoms with van der Waals surface area (Å²) >= 11 is 0. The van der Waals surface area contributed by atoms with E-state index < -0.39 is 17.8 Å². The molecule has 1 atom stereocenters. The number of carbonyl (C=O) groups excluding carboxylic acids is 1. The first-order valence-electron chi connectivity index (χ1n) is 4.97. The average Bonchev–Trinajstić information content (AvgIpc) is 2.29. The van der Waals surface area contributed by atoms with Crippen LogP contribution in [0.1, 0.15) is 6.92 Å². The number of hydrogen-bond donors (Lipinski definition) is 2. The zero-order valence-corrected chi connectivity index (χ0v) is 9.91. The summed E-state index contributed by atoms with van der Waals surface area (Å²) in [5.41, 5.74) is 5.61. The smallest absolute Gasteiger partial charge is 0.241 e. The van der Waals surface area contributed by atoms with Crippen LogP contribution >= 0.6 is 0 Å². The molecule has 0 saturated carbocycles. The molecule has 1 aromatic carbocycles. The normalized spacial score (nSPS) is 11.8. The van der Waals surface area contributed by atoms with Crippen molar-refractivity contribution in [1.29, 1.82) is 0 Å². The molecular formula is C11H15FN2O3. The molecule has 0 radical (unpaired) electrons. The maximum absolute atomic E-state index is 13.5. The average molecular weight is 242 g/mol. The van der Waals surface area contributed by atoms with E-state index in [1.165, 1.54) is 27.2 Å². The molecule has 0 aliphatic rings. The standard InChI is InChI=1S/C11H15FN2O3/c1-6(13)11(15)14-8-4-7(12)9(16-2)5-10(8)17-3/h4-6H,13H2,1-3H3,(H,14,15)/t6-/m1/s1. The Hall–Kier alpha value is -1.82. The van der Waals surface area contributed by atoms with Crippen LogP contribution < -0.4 is 20.5 Å². The van der Waals surface area contributed by atoms with Crippen molar-refractivity contribution in [1.82, 2.24) is 0 Å². The number of rotatable bonds is 4. The lowest BCUT2D eigenvalue weighted by molar-refractivity contribution is -0.117. The van der Waals surface area contributed by atoms with Crippen molar-refractivity contribution in [3.05, 3.63) is 17.9 Å². The molecule has 0 aliphatic heterocycles. The van der Waals surface area contributed by atoms with Crippen molar-refractivity contribution < 1.29 is 18.7 Å². The third-order valence-corrected chi connectivity index (χ3v) is 2.15. The van der Waals surface area contributed by atoms with Gasteiger partial charge in [0.1, 0.15) is 5.75 Å². The van der Waals surface area contributed by atoms with Gasteiger partial charge in [0.05, 0.1) is 25.9 Å². The Balaban J connectivity index is 3.06. The molecule has 0 unspecified atom stereocenters. The largest absolute Gasteiger partial charge is 0.494 e. The van der Waals surface area contributed by atoms with Gasteiger partial charge in [-0.25, -0.2) is 4.39 Å². The molecule has 94 valence electrons. The van der Waals surface area contributed by atoms with Gasteiger partial charge in [0.25, 0.3) is 0 Å². The number of methoxy groups -OCH3 is 2. The predicted octanol–water partition coefficient (Wildman–Crippen LogP) is 1.13. The van der Waals surface area contributed by atoms with Gasteiger partial charge in [-0.3, -0.25) is 4.79 Å². The van der Waals surface area contributed by atoms with Gasteiger partial charge in [-0.05, 0) is 6.92 Å². The first kappa shape index (κ1) is 13.2. The fourth-order valence-corrected chi connectivity index (χ4v) is 1.20. The molecule has 17 heavy (non-hydrogen) atoms. The quantitative estimate of drug-likeness (QED) is 0.830. The third kappa shape index (κ3) is 3.07. The van der Waals surface area contributed by atoms with E-state index in [-0.39, 0.29) is 11.4 Å². The van der Waals surface area contributed by atoms with Crippen LogP contribution in [0.5, 0.6) is 11.5 Å². The van der Waals surface area contributed by atoms with Gasteiger partial charge in [-0.1, -0.05) is 0 Å². The molecule has 1 aromatic rings. The van der Waals surface area contributed by atoms with Crippen molar-refractivity contribution >= 4 is 11.6 Å². The van der Waals surface area contributed by atoms with Gasteiger partial charge >= 0.3 is 0 Å². The second-order valence-corrected chi connectivity index (χ2v) is 3.46. The Kier molecular flexibility index (Phi) is 4.28. The fourth-order valence-electron chi connectivity index (χ4n) is 1.20. The van der Waals surface area contributed by atoms with Crippen LogP contribution in [-0.4, -0.2) is 26.2 Å². The SMILES string of the molecule is COc1cc(OC)c(NC(=O)[C@@H](C)N)cc1F. The number of ether oxygens (including phenoxy) is 2. The number of amides is 1. The first-order valence-corrected chi connectivity index (χ1v) is 4.97. The van der Waals surface area contributed by atoms with Gasteiger partial charge in [0.15, 0.2) is 11.6 Å². The molecule has 3 N–H and O–H groups in total.